The van der Waals surface area contributed by atoms with Gasteiger partial charge in [-0.2, -0.15) is 0 Å². The second-order valence-corrected chi connectivity index (χ2v) is 7.34. The summed E-state index contributed by atoms with van der Waals surface area (Å²) in [6, 6.07) is 12.4. The number of phenolic OH excluding ortho intramolecular Hbond substituents is 1. The van der Waals surface area contributed by atoms with Crippen LogP contribution < -0.4 is 5.63 Å². The van der Waals surface area contributed by atoms with Gasteiger partial charge < -0.3 is 14.3 Å². The Morgan fingerprint density at radius 3 is 2.69 bits per heavy atom. The molecule has 0 bridgehead atoms. The second kappa shape index (κ2) is 7.72. The summed E-state index contributed by atoms with van der Waals surface area (Å²) in [4.78, 5) is 26.6. The molecule has 0 spiro atoms. The number of fused-ring (bicyclic) bond motifs is 2. The fourth-order valence-corrected chi connectivity index (χ4v) is 4.05. The Kier molecular flexibility index (Phi) is 5.11. The topological polar surface area (TPSA) is 80.0 Å². The van der Waals surface area contributed by atoms with Crippen molar-refractivity contribution in [2.45, 2.75) is 38.9 Å². The van der Waals surface area contributed by atoms with E-state index in [1.54, 1.807) is 0 Å². The molecule has 6 heteroatoms. The first-order valence-electron chi connectivity index (χ1n) is 9.67. The number of hydrogen-bond donors (Lipinski definition) is 1. The van der Waals surface area contributed by atoms with Gasteiger partial charge in [-0.3, -0.25) is 9.69 Å². The van der Waals surface area contributed by atoms with Crippen LogP contribution >= 0.6 is 0 Å². The number of carbonyl (C=O) groups is 1. The lowest BCUT2D eigenvalue weighted by Gasteiger charge is -2.35. The number of hydrogen-bond acceptors (Lipinski definition) is 6. The highest BCUT2D eigenvalue weighted by Crippen LogP contribution is 2.30. The summed E-state index contributed by atoms with van der Waals surface area (Å²) in [7, 11) is 1.39. The second-order valence-electron chi connectivity index (χ2n) is 7.34. The molecule has 150 valence electrons. The van der Waals surface area contributed by atoms with E-state index in [2.05, 4.69) is 6.07 Å². The van der Waals surface area contributed by atoms with Crippen molar-refractivity contribution in [1.82, 2.24) is 4.90 Å². The minimum atomic E-state index is -0.483. The Labute approximate surface area is 168 Å². The summed E-state index contributed by atoms with van der Waals surface area (Å²) in [5.74, 6) is -0.182. The lowest BCUT2D eigenvalue weighted by molar-refractivity contribution is -0.147. The molecule has 1 aliphatic heterocycles. The Morgan fingerprint density at radius 2 is 1.97 bits per heavy atom. The van der Waals surface area contributed by atoms with Crippen LogP contribution in [-0.4, -0.2) is 29.1 Å². The average Bonchev–Trinajstić information content (AvgIpc) is 2.72. The van der Waals surface area contributed by atoms with Crippen molar-refractivity contribution < 1.29 is 19.1 Å². The largest absolute Gasteiger partial charge is 0.508 e. The van der Waals surface area contributed by atoms with Gasteiger partial charge in [-0.1, -0.05) is 31.2 Å². The zero-order valence-corrected chi connectivity index (χ0v) is 16.5. The number of ether oxygens (including phenoxy) is 1. The first-order valence-corrected chi connectivity index (χ1v) is 9.67. The highest BCUT2D eigenvalue weighted by atomic mass is 16.5. The van der Waals surface area contributed by atoms with Gasteiger partial charge in [0.2, 0.25) is 0 Å². The molecule has 29 heavy (non-hydrogen) atoms. The van der Waals surface area contributed by atoms with Crippen LogP contribution in [0.3, 0.4) is 0 Å². The summed E-state index contributed by atoms with van der Waals surface area (Å²) in [6.07, 6.45) is 1.21. The number of esters is 1. The Morgan fingerprint density at radius 1 is 1.21 bits per heavy atom. The van der Waals surface area contributed by atoms with Crippen LogP contribution in [0.1, 0.15) is 29.2 Å². The van der Waals surface area contributed by atoms with Gasteiger partial charge in [0.1, 0.15) is 17.4 Å². The lowest BCUT2D eigenvalue weighted by Crippen LogP contribution is -2.45. The molecule has 0 radical (unpaired) electrons. The summed E-state index contributed by atoms with van der Waals surface area (Å²) in [5, 5.41) is 10.9. The van der Waals surface area contributed by atoms with Gasteiger partial charge >= 0.3 is 11.6 Å². The quantitative estimate of drug-likeness (QED) is 0.542. The Balaban J connectivity index is 1.78. The number of aromatic hydroxyl groups is 1. The van der Waals surface area contributed by atoms with Crippen LogP contribution in [0, 0.1) is 0 Å². The van der Waals surface area contributed by atoms with Gasteiger partial charge in [-0.25, -0.2) is 4.79 Å². The van der Waals surface area contributed by atoms with E-state index in [0.717, 1.165) is 27.6 Å². The molecule has 0 saturated heterocycles. The molecule has 2 heterocycles. The van der Waals surface area contributed by atoms with E-state index in [1.165, 1.54) is 19.2 Å². The zero-order valence-electron chi connectivity index (χ0n) is 16.5. The summed E-state index contributed by atoms with van der Waals surface area (Å²) >= 11 is 0. The third-order valence-electron chi connectivity index (χ3n) is 5.60. The van der Waals surface area contributed by atoms with Crippen molar-refractivity contribution in [1.29, 1.82) is 0 Å². The Hall–Kier alpha value is -3.12. The molecule has 0 amide bonds. The van der Waals surface area contributed by atoms with E-state index in [1.807, 2.05) is 36.1 Å². The minimum Gasteiger partial charge on any atom is -0.508 e. The molecule has 6 nitrogen and oxygen atoms in total. The van der Waals surface area contributed by atoms with Crippen LogP contribution in [0.4, 0.5) is 0 Å². The van der Waals surface area contributed by atoms with Crippen LogP contribution in [0.25, 0.3) is 11.0 Å². The molecule has 1 aromatic heterocycles. The smallest absolute Gasteiger partial charge is 0.336 e. The standard InChI is InChI=1S/C23H23NO5/c1-3-14-8-18-17(10-22(26)29-21(18)11-20(14)25)13-24-12-16-7-5-4-6-15(16)9-19(24)23(27)28-2/h4-8,10-11,19,25H,3,9,12-13H2,1-2H3/t19-/m0/s1. The molecule has 2 aromatic carbocycles. The van der Waals surface area contributed by atoms with Gasteiger partial charge in [-0.15, -0.1) is 0 Å². The van der Waals surface area contributed by atoms with Gasteiger partial charge in [0.15, 0.2) is 0 Å². The molecule has 0 aliphatic carbocycles. The first kappa shape index (κ1) is 19.2. The van der Waals surface area contributed by atoms with Gasteiger partial charge in [0.05, 0.1) is 7.11 Å². The predicted molar refractivity (Wildman–Crippen MR) is 109 cm³/mol. The number of benzene rings is 2. The molecular weight excluding hydrogens is 370 g/mol. The highest BCUT2D eigenvalue weighted by molar-refractivity contribution is 5.83. The Bertz CT molecular complexity index is 1130. The maximum Gasteiger partial charge on any atom is 0.336 e. The lowest BCUT2D eigenvalue weighted by atomic mass is 9.93. The molecule has 0 fully saturated rings. The third-order valence-corrected chi connectivity index (χ3v) is 5.60. The molecule has 0 unspecified atom stereocenters. The first-order chi connectivity index (χ1) is 14.0. The number of aryl methyl sites for hydroxylation is 1. The number of phenols is 1. The number of methoxy groups -OCH3 is 1. The molecule has 3 aromatic rings. The molecule has 0 saturated carbocycles. The van der Waals surface area contributed by atoms with Crippen molar-refractivity contribution in [3.63, 3.8) is 0 Å². The highest BCUT2D eigenvalue weighted by Gasteiger charge is 2.32. The van der Waals surface area contributed by atoms with Crippen LogP contribution in [0.2, 0.25) is 0 Å². The number of carbonyl (C=O) groups excluding carboxylic acids is 1. The fraction of sp³-hybridized carbons (Fsp3) is 0.304. The van der Waals surface area contributed by atoms with Crippen LogP contribution in [0.5, 0.6) is 5.75 Å². The van der Waals surface area contributed by atoms with Crippen molar-refractivity contribution >= 4 is 16.9 Å². The SMILES string of the molecule is CCc1cc2c(CN3Cc4ccccc4C[C@H]3C(=O)OC)cc(=O)oc2cc1O. The maximum absolute atomic E-state index is 12.5. The van der Waals surface area contributed by atoms with Crippen LogP contribution in [0.15, 0.2) is 51.7 Å². The maximum atomic E-state index is 12.5. The fourth-order valence-electron chi connectivity index (χ4n) is 4.05. The van der Waals surface area contributed by atoms with Crippen molar-refractivity contribution in [3.8, 4) is 5.75 Å². The molecule has 1 aliphatic rings. The predicted octanol–water partition coefficient (Wildman–Crippen LogP) is 3.16. The summed E-state index contributed by atoms with van der Waals surface area (Å²) in [5.41, 5.74) is 3.69. The summed E-state index contributed by atoms with van der Waals surface area (Å²) in [6.45, 7) is 2.93. The van der Waals surface area contributed by atoms with Crippen LogP contribution in [-0.2, 0) is 35.5 Å². The van der Waals surface area contributed by atoms with Gasteiger partial charge in [-0.05, 0) is 41.2 Å². The van der Waals surface area contributed by atoms with Crippen molar-refractivity contribution in [3.05, 3.63) is 75.1 Å². The van der Waals surface area contributed by atoms with E-state index >= 15 is 0 Å². The normalized spacial score (nSPS) is 16.6. The van der Waals surface area contributed by atoms with E-state index in [4.69, 9.17) is 9.15 Å². The molecular formula is C23H23NO5. The molecule has 1 N–H and O–H groups in total. The van der Waals surface area contributed by atoms with E-state index in [-0.39, 0.29) is 11.7 Å². The van der Waals surface area contributed by atoms with E-state index in [9.17, 15) is 14.7 Å². The third kappa shape index (κ3) is 3.63. The number of nitrogens with zero attached hydrogens (tertiary/aromatic N) is 1. The monoisotopic (exact) mass is 393 g/mol. The van der Waals surface area contributed by atoms with Crippen molar-refractivity contribution in [2.24, 2.45) is 0 Å². The molecule has 1 atom stereocenters. The van der Waals surface area contributed by atoms with Gasteiger partial charge in [0, 0.05) is 30.6 Å². The average molecular weight is 393 g/mol. The summed E-state index contributed by atoms with van der Waals surface area (Å²) < 4.78 is 10.3. The molecule has 4 rings (SSSR count). The zero-order chi connectivity index (χ0) is 20.5. The van der Waals surface area contributed by atoms with Crippen molar-refractivity contribution in [2.75, 3.05) is 7.11 Å². The minimum absolute atomic E-state index is 0.111. The van der Waals surface area contributed by atoms with E-state index < -0.39 is 11.7 Å². The van der Waals surface area contributed by atoms with E-state index in [0.29, 0.717) is 31.5 Å². The number of rotatable bonds is 4. The van der Waals surface area contributed by atoms with Gasteiger partial charge in [0.25, 0.3) is 0 Å².